The van der Waals surface area contributed by atoms with E-state index in [0.717, 1.165) is 19.6 Å². The molecule has 2 heterocycles. The van der Waals surface area contributed by atoms with Gasteiger partial charge in [0.25, 0.3) is 6.47 Å². The fourth-order valence-corrected chi connectivity index (χ4v) is 2.37. The van der Waals surface area contributed by atoms with Gasteiger partial charge in [-0.25, -0.2) is 0 Å². The quantitative estimate of drug-likeness (QED) is 0.725. The molecular formula is C12H18N4O3S. The summed E-state index contributed by atoms with van der Waals surface area (Å²) in [7, 11) is 0. The molecule has 0 aliphatic rings. The fourth-order valence-electron chi connectivity index (χ4n) is 1.63. The molecule has 2 aromatic heterocycles. The summed E-state index contributed by atoms with van der Waals surface area (Å²) in [4.78, 5) is 11.9. The van der Waals surface area contributed by atoms with Crippen molar-refractivity contribution in [2.24, 2.45) is 0 Å². The first-order valence-corrected chi connectivity index (χ1v) is 6.94. The third kappa shape index (κ3) is 6.41. The Labute approximate surface area is 121 Å². The van der Waals surface area contributed by atoms with Crippen LogP contribution in [-0.2, 0) is 17.9 Å². The van der Waals surface area contributed by atoms with Gasteiger partial charge in [-0.2, -0.15) is 0 Å². The summed E-state index contributed by atoms with van der Waals surface area (Å²) in [5, 5.41) is 25.6. The molecule has 0 atom stereocenters. The van der Waals surface area contributed by atoms with Crippen LogP contribution in [0.15, 0.2) is 30.2 Å². The summed E-state index contributed by atoms with van der Waals surface area (Å²) in [6.07, 6.45) is 3.42. The van der Waals surface area contributed by atoms with Crippen LogP contribution >= 0.6 is 11.3 Å². The van der Waals surface area contributed by atoms with Crippen molar-refractivity contribution in [3.05, 3.63) is 35.0 Å². The van der Waals surface area contributed by atoms with Gasteiger partial charge in [0.1, 0.15) is 12.7 Å². The molecule has 0 saturated heterocycles. The average Bonchev–Trinajstić information content (AvgIpc) is 3.10. The number of rotatable bonds is 7. The molecule has 20 heavy (non-hydrogen) atoms. The number of carboxylic acid groups (broad SMARTS) is 1. The number of aromatic nitrogens is 3. The fraction of sp³-hybridized carbons (Fsp3) is 0.417. The predicted molar refractivity (Wildman–Crippen MR) is 75.4 cm³/mol. The molecule has 2 rings (SSSR count). The van der Waals surface area contributed by atoms with E-state index in [1.165, 1.54) is 4.88 Å². The lowest BCUT2D eigenvalue weighted by molar-refractivity contribution is -0.122. The van der Waals surface area contributed by atoms with Gasteiger partial charge in [0.2, 0.25) is 0 Å². The molecule has 8 heteroatoms. The number of aliphatic hydroxyl groups is 1. The third-order valence-electron chi connectivity index (χ3n) is 2.52. The number of thiophene rings is 1. The first-order chi connectivity index (χ1) is 9.80. The highest BCUT2D eigenvalue weighted by molar-refractivity contribution is 7.09. The first-order valence-electron chi connectivity index (χ1n) is 6.06. The normalized spacial score (nSPS) is 10.1. The molecule has 0 aromatic carbocycles. The van der Waals surface area contributed by atoms with E-state index in [4.69, 9.17) is 15.0 Å². The van der Waals surface area contributed by atoms with Gasteiger partial charge in [-0.05, 0) is 11.4 Å². The highest BCUT2D eigenvalue weighted by Crippen LogP contribution is 2.11. The molecule has 0 unspecified atom stereocenters. The summed E-state index contributed by atoms with van der Waals surface area (Å²) in [6.45, 7) is 3.25. The average molecular weight is 298 g/mol. The Balaban J connectivity index is 0.000000612. The number of hydrogen-bond donors (Lipinski definition) is 2. The van der Waals surface area contributed by atoms with Gasteiger partial charge in [-0.3, -0.25) is 9.69 Å². The summed E-state index contributed by atoms with van der Waals surface area (Å²) in [5.41, 5.74) is 0. The standard InChI is InChI=1S/C11H16N4OS.CH2O2/c16-6-5-14(8-11-2-1-7-17-11)3-4-15-9-12-13-10-15;2-1-3/h1-2,7,9-10,16H,3-6,8H2;1H,(H,2,3). The van der Waals surface area contributed by atoms with E-state index in [1.54, 1.807) is 24.0 Å². The minimum atomic E-state index is -0.250. The molecule has 0 amide bonds. The van der Waals surface area contributed by atoms with E-state index in [-0.39, 0.29) is 13.1 Å². The molecule has 110 valence electrons. The van der Waals surface area contributed by atoms with Crippen molar-refractivity contribution in [2.75, 3.05) is 19.7 Å². The van der Waals surface area contributed by atoms with Crippen LogP contribution in [0.3, 0.4) is 0 Å². The highest BCUT2D eigenvalue weighted by Gasteiger charge is 2.06. The summed E-state index contributed by atoms with van der Waals surface area (Å²) >= 11 is 1.75. The van der Waals surface area contributed by atoms with E-state index in [1.807, 2.05) is 4.57 Å². The van der Waals surface area contributed by atoms with Gasteiger partial charge in [0, 0.05) is 31.1 Å². The van der Waals surface area contributed by atoms with Gasteiger partial charge < -0.3 is 14.8 Å². The topological polar surface area (TPSA) is 91.5 Å². The van der Waals surface area contributed by atoms with Crippen LogP contribution in [0.4, 0.5) is 0 Å². The number of hydrogen-bond acceptors (Lipinski definition) is 6. The number of aliphatic hydroxyl groups excluding tert-OH is 1. The molecule has 0 bridgehead atoms. The Bertz CT molecular complexity index is 447. The van der Waals surface area contributed by atoms with E-state index in [2.05, 4.69) is 32.6 Å². The largest absolute Gasteiger partial charge is 0.483 e. The number of nitrogens with zero attached hydrogens (tertiary/aromatic N) is 4. The molecule has 2 aromatic rings. The van der Waals surface area contributed by atoms with Crippen molar-refractivity contribution in [3.63, 3.8) is 0 Å². The van der Waals surface area contributed by atoms with Gasteiger partial charge in [-0.1, -0.05) is 6.07 Å². The van der Waals surface area contributed by atoms with E-state index < -0.39 is 0 Å². The molecule has 2 N–H and O–H groups in total. The molecule has 0 fully saturated rings. The van der Waals surface area contributed by atoms with Crippen LogP contribution in [0.2, 0.25) is 0 Å². The second-order valence-electron chi connectivity index (χ2n) is 3.88. The maximum absolute atomic E-state index is 9.05. The second-order valence-corrected chi connectivity index (χ2v) is 4.92. The van der Waals surface area contributed by atoms with Gasteiger partial charge in [-0.15, -0.1) is 21.5 Å². The van der Waals surface area contributed by atoms with E-state index >= 15 is 0 Å². The first kappa shape index (κ1) is 16.3. The monoisotopic (exact) mass is 298 g/mol. The Kier molecular flexibility index (Phi) is 8.20. The summed E-state index contributed by atoms with van der Waals surface area (Å²) < 4.78 is 1.94. The smallest absolute Gasteiger partial charge is 0.290 e. The van der Waals surface area contributed by atoms with Crippen molar-refractivity contribution < 1.29 is 15.0 Å². The SMILES string of the molecule is O=CO.OCCN(CCn1cnnc1)Cc1cccs1. The molecule has 0 aliphatic heterocycles. The maximum atomic E-state index is 9.05. The zero-order valence-corrected chi connectivity index (χ0v) is 11.8. The Morgan fingerprint density at radius 2 is 2.05 bits per heavy atom. The molecule has 0 radical (unpaired) electrons. The van der Waals surface area contributed by atoms with E-state index in [9.17, 15) is 0 Å². The van der Waals surface area contributed by atoms with Gasteiger partial charge in [0.05, 0.1) is 6.61 Å². The van der Waals surface area contributed by atoms with Crippen LogP contribution < -0.4 is 0 Å². The zero-order chi connectivity index (χ0) is 14.6. The number of carbonyl (C=O) groups is 1. The van der Waals surface area contributed by atoms with Crippen molar-refractivity contribution in [2.45, 2.75) is 13.1 Å². The van der Waals surface area contributed by atoms with Crippen LogP contribution in [-0.4, -0.2) is 56.0 Å². The van der Waals surface area contributed by atoms with Crippen LogP contribution in [0.25, 0.3) is 0 Å². The van der Waals surface area contributed by atoms with E-state index in [0.29, 0.717) is 6.54 Å². The maximum Gasteiger partial charge on any atom is 0.290 e. The molecular weight excluding hydrogens is 280 g/mol. The van der Waals surface area contributed by atoms with Crippen LogP contribution in [0, 0.1) is 0 Å². The molecule has 0 aliphatic carbocycles. The van der Waals surface area contributed by atoms with Crippen LogP contribution in [0.5, 0.6) is 0 Å². The van der Waals surface area contributed by atoms with Crippen molar-refractivity contribution in [1.82, 2.24) is 19.7 Å². The lowest BCUT2D eigenvalue weighted by Crippen LogP contribution is -2.29. The Morgan fingerprint density at radius 3 is 2.60 bits per heavy atom. The van der Waals surface area contributed by atoms with Crippen molar-refractivity contribution in [1.29, 1.82) is 0 Å². The Morgan fingerprint density at radius 1 is 1.35 bits per heavy atom. The zero-order valence-electron chi connectivity index (χ0n) is 11.0. The predicted octanol–water partition coefficient (Wildman–Crippen LogP) is 0.535. The van der Waals surface area contributed by atoms with Crippen molar-refractivity contribution in [3.8, 4) is 0 Å². The Hall–Kier alpha value is -1.77. The highest BCUT2D eigenvalue weighted by atomic mass is 32.1. The molecule has 0 spiro atoms. The summed E-state index contributed by atoms with van der Waals surface area (Å²) in [6, 6.07) is 4.17. The van der Waals surface area contributed by atoms with Gasteiger partial charge in [0.15, 0.2) is 0 Å². The minimum Gasteiger partial charge on any atom is -0.483 e. The van der Waals surface area contributed by atoms with Gasteiger partial charge >= 0.3 is 0 Å². The second kappa shape index (κ2) is 10.1. The lowest BCUT2D eigenvalue weighted by Gasteiger charge is -2.20. The third-order valence-corrected chi connectivity index (χ3v) is 3.38. The van der Waals surface area contributed by atoms with Crippen LogP contribution in [0.1, 0.15) is 4.88 Å². The molecule has 0 saturated carbocycles. The van der Waals surface area contributed by atoms with Crippen molar-refractivity contribution >= 4 is 17.8 Å². The molecule has 7 nitrogen and oxygen atoms in total. The summed E-state index contributed by atoms with van der Waals surface area (Å²) in [5.74, 6) is 0. The minimum absolute atomic E-state index is 0.188. The lowest BCUT2D eigenvalue weighted by atomic mass is 10.4.